The lowest BCUT2D eigenvalue weighted by Crippen LogP contribution is -2.03. The Kier molecular flexibility index (Phi) is 2.75. The van der Waals surface area contributed by atoms with Crippen LogP contribution in [0.25, 0.3) is 16.0 Å². The molecule has 0 spiro atoms. The molecule has 3 aromatic rings. The molecule has 19 heavy (non-hydrogen) atoms. The number of nitrogens with zero attached hydrogens (tertiary/aromatic N) is 4. The van der Waals surface area contributed by atoms with Crippen LogP contribution >= 0.6 is 11.3 Å². The number of fused-ring (bicyclic) bond motifs is 1. The van der Waals surface area contributed by atoms with E-state index in [2.05, 4.69) is 22.0 Å². The lowest BCUT2D eigenvalue weighted by Gasteiger charge is -2.00. The van der Waals surface area contributed by atoms with Crippen molar-refractivity contribution in [3.05, 3.63) is 35.2 Å². The van der Waals surface area contributed by atoms with Crippen LogP contribution in [0.4, 0.5) is 0 Å². The van der Waals surface area contributed by atoms with Gasteiger partial charge in [-0.15, -0.1) is 11.3 Å². The first-order valence-electron chi connectivity index (χ1n) is 5.72. The Morgan fingerprint density at radius 1 is 1.47 bits per heavy atom. The molecule has 7 heteroatoms. The van der Waals surface area contributed by atoms with E-state index in [4.69, 9.17) is 5.11 Å². The van der Waals surface area contributed by atoms with Gasteiger partial charge < -0.3 is 5.11 Å². The predicted molar refractivity (Wildman–Crippen MR) is 70.9 cm³/mol. The van der Waals surface area contributed by atoms with Crippen molar-refractivity contribution in [1.82, 2.24) is 19.7 Å². The topological polar surface area (TPSA) is 80.9 Å². The highest BCUT2D eigenvalue weighted by Gasteiger charge is 2.13. The Labute approximate surface area is 112 Å². The Morgan fingerprint density at radius 2 is 2.32 bits per heavy atom. The van der Waals surface area contributed by atoms with E-state index in [1.165, 1.54) is 22.0 Å². The van der Waals surface area contributed by atoms with E-state index >= 15 is 0 Å². The molecule has 3 rings (SSSR count). The minimum absolute atomic E-state index is 0.00212. The summed E-state index contributed by atoms with van der Waals surface area (Å²) >= 11 is 1.61. The van der Waals surface area contributed by atoms with Crippen molar-refractivity contribution in [2.75, 3.05) is 0 Å². The van der Waals surface area contributed by atoms with Gasteiger partial charge in [0.25, 0.3) is 0 Å². The van der Waals surface area contributed by atoms with Crippen molar-refractivity contribution >= 4 is 27.5 Å². The van der Waals surface area contributed by atoms with Crippen LogP contribution in [0.2, 0.25) is 0 Å². The molecule has 0 saturated carbocycles. The summed E-state index contributed by atoms with van der Waals surface area (Å²) in [6.45, 7) is 2.08. The predicted octanol–water partition coefficient (Wildman–Crippen LogP) is 2.14. The molecule has 0 atom stereocenters. The van der Waals surface area contributed by atoms with Gasteiger partial charge in [0.05, 0.1) is 5.39 Å². The number of carboxylic acids is 1. The zero-order chi connectivity index (χ0) is 13.4. The van der Waals surface area contributed by atoms with Crippen molar-refractivity contribution < 1.29 is 9.90 Å². The molecule has 0 aromatic carbocycles. The van der Waals surface area contributed by atoms with Gasteiger partial charge in [-0.3, -0.25) is 0 Å². The van der Waals surface area contributed by atoms with E-state index in [9.17, 15) is 4.79 Å². The fraction of sp³-hybridized carbons (Fsp3) is 0.167. The van der Waals surface area contributed by atoms with Crippen molar-refractivity contribution in [1.29, 1.82) is 0 Å². The van der Waals surface area contributed by atoms with E-state index in [1.54, 1.807) is 17.5 Å². The van der Waals surface area contributed by atoms with Crippen molar-refractivity contribution in [2.24, 2.45) is 0 Å². The fourth-order valence-corrected chi connectivity index (χ4v) is 2.74. The van der Waals surface area contributed by atoms with Gasteiger partial charge in [0.15, 0.2) is 11.5 Å². The highest BCUT2D eigenvalue weighted by molar-refractivity contribution is 7.18. The van der Waals surface area contributed by atoms with Crippen LogP contribution in [0.3, 0.4) is 0 Å². The van der Waals surface area contributed by atoms with Crippen molar-refractivity contribution in [3.8, 4) is 5.82 Å². The largest absolute Gasteiger partial charge is 0.476 e. The normalized spacial score (nSPS) is 11.0. The third-order valence-corrected chi connectivity index (χ3v) is 3.92. The van der Waals surface area contributed by atoms with E-state index in [-0.39, 0.29) is 5.69 Å². The molecule has 3 aromatic heterocycles. The lowest BCUT2D eigenvalue weighted by molar-refractivity contribution is 0.0690. The van der Waals surface area contributed by atoms with Gasteiger partial charge in [0, 0.05) is 11.1 Å². The second kappa shape index (κ2) is 4.43. The molecule has 3 heterocycles. The summed E-state index contributed by atoms with van der Waals surface area (Å²) in [7, 11) is 0. The first-order valence-corrected chi connectivity index (χ1v) is 6.53. The maximum atomic E-state index is 10.9. The van der Waals surface area contributed by atoms with Gasteiger partial charge in [-0.1, -0.05) is 6.92 Å². The van der Waals surface area contributed by atoms with Crippen LogP contribution in [-0.2, 0) is 6.42 Å². The zero-order valence-electron chi connectivity index (χ0n) is 10.1. The smallest absolute Gasteiger partial charge is 0.356 e. The Morgan fingerprint density at radius 3 is 3.00 bits per heavy atom. The first kappa shape index (κ1) is 11.8. The van der Waals surface area contributed by atoms with Crippen LogP contribution in [0.15, 0.2) is 24.7 Å². The highest BCUT2D eigenvalue weighted by atomic mass is 32.1. The summed E-state index contributed by atoms with van der Waals surface area (Å²) in [5, 5.41) is 13.8. The maximum absolute atomic E-state index is 10.9. The van der Waals surface area contributed by atoms with E-state index in [1.807, 2.05) is 6.07 Å². The molecular formula is C12H10N4O2S. The average Bonchev–Trinajstić information content (AvgIpc) is 3.04. The molecule has 0 saturated heterocycles. The van der Waals surface area contributed by atoms with E-state index in [0.29, 0.717) is 5.82 Å². The van der Waals surface area contributed by atoms with Gasteiger partial charge >= 0.3 is 5.97 Å². The fourth-order valence-electron chi connectivity index (χ4n) is 1.81. The summed E-state index contributed by atoms with van der Waals surface area (Å²) in [6.07, 6.45) is 3.99. The molecule has 0 radical (unpaired) electrons. The number of hydrogen-bond donors (Lipinski definition) is 1. The summed E-state index contributed by atoms with van der Waals surface area (Å²) in [5.41, 5.74) is -0.00212. The van der Waals surface area contributed by atoms with Crippen LogP contribution < -0.4 is 0 Å². The second-order valence-electron chi connectivity index (χ2n) is 3.93. The van der Waals surface area contributed by atoms with Gasteiger partial charge in [0.2, 0.25) is 0 Å². The third kappa shape index (κ3) is 1.97. The van der Waals surface area contributed by atoms with Crippen LogP contribution in [0.1, 0.15) is 22.3 Å². The first-order chi connectivity index (χ1) is 9.19. The molecule has 0 aliphatic rings. The minimum atomic E-state index is -1.05. The van der Waals surface area contributed by atoms with Gasteiger partial charge in [-0.05, 0) is 18.6 Å². The average molecular weight is 274 g/mol. The number of carboxylic acid groups (broad SMARTS) is 1. The molecule has 1 N–H and O–H groups in total. The Balaban J connectivity index is 2.17. The summed E-state index contributed by atoms with van der Waals surface area (Å²) in [4.78, 5) is 21.4. The Bertz CT molecular complexity index is 762. The summed E-state index contributed by atoms with van der Waals surface area (Å²) in [6, 6.07) is 3.47. The molecule has 0 amide bonds. The molecule has 96 valence electrons. The van der Waals surface area contributed by atoms with Crippen LogP contribution in [0, 0.1) is 0 Å². The molecule has 0 aliphatic heterocycles. The SMILES string of the molecule is CCc1cc2c(-n3ccc(C(=O)O)n3)ncnc2s1. The van der Waals surface area contributed by atoms with Crippen LogP contribution in [0.5, 0.6) is 0 Å². The molecule has 0 bridgehead atoms. The third-order valence-electron chi connectivity index (χ3n) is 2.73. The minimum Gasteiger partial charge on any atom is -0.476 e. The molecule has 6 nitrogen and oxygen atoms in total. The number of carbonyl (C=O) groups is 1. The molecule has 0 fully saturated rings. The lowest BCUT2D eigenvalue weighted by atomic mass is 10.3. The highest BCUT2D eigenvalue weighted by Crippen LogP contribution is 2.27. The van der Waals surface area contributed by atoms with E-state index in [0.717, 1.165) is 16.6 Å². The quantitative estimate of drug-likeness (QED) is 0.791. The standard InChI is InChI=1S/C12H10N4O2S/c1-2-7-5-8-10(13-6-14-11(8)19-7)16-4-3-9(15-16)12(17)18/h3-6H,2H2,1H3,(H,17,18). The number of rotatable bonds is 3. The van der Waals surface area contributed by atoms with Crippen molar-refractivity contribution in [3.63, 3.8) is 0 Å². The second-order valence-corrected chi connectivity index (χ2v) is 5.05. The number of aromatic carboxylic acids is 1. The number of aryl methyl sites for hydroxylation is 1. The number of aromatic nitrogens is 4. The van der Waals surface area contributed by atoms with Gasteiger partial charge in [0.1, 0.15) is 11.2 Å². The zero-order valence-corrected chi connectivity index (χ0v) is 10.9. The number of hydrogen-bond acceptors (Lipinski definition) is 5. The molecular weight excluding hydrogens is 264 g/mol. The summed E-state index contributed by atoms with van der Waals surface area (Å²) in [5.74, 6) is -0.447. The van der Waals surface area contributed by atoms with Crippen molar-refractivity contribution in [2.45, 2.75) is 13.3 Å². The maximum Gasteiger partial charge on any atom is 0.356 e. The number of thiophene rings is 1. The molecule has 0 aliphatic carbocycles. The summed E-state index contributed by atoms with van der Waals surface area (Å²) < 4.78 is 1.47. The van der Waals surface area contributed by atoms with Gasteiger partial charge in [-0.2, -0.15) is 5.10 Å². The van der Waals surface area contributed by atoms with Crippen LogP contribution in [-0.4, -0.2) is 30.8 Å². The monoisotopic (exact) mass is 274 g/mol. The van der Waals surface area contributed by atoms with Gasteiger partial charge in [-0.25, -0.2) is 19.4 Å². The van der Waals surface area contributed by atoms with E-state index < -0.39 is 5.97 Å². The Hall–Kier alpha value is -2.28. The molecule has 0 unspecified atom stereocenters.